The van der Waals surface area contributed by atoms with Crippen molar-refractivity contribution in [2.24, 2.45) is 9.98 Å². The number of guanidine groups is 1. The lowest BCUT2D eigenvalue weighted by Crippen LogP contribution is -2.45. The summed E-state index contributed by atoms with van der Waals surface area (Å²) < 4.78 is 4.49. The minimum atomic E-state index is -0.574. The van der Waals surface area contributed by atoms with E-state index in [-0.39, 0.29) is 10.8 Å². The monoisotopic (exact) mass is 311 g/mol. The Balaban J connectivity index is 2.03. The van der Waals surface area contributed by atoms with Gasteiger partial charge in [0.05, 0.1) is 25.4 Å². The zero-order chi connectivity index (χ0) is 15.4. The second-order valence-corrected chi connectivity index (χ2v) is 5.68. The molecule has 21 heavy (non-hydrogen) atoms. The highest BCUT2D eigenvalue weighted by Gasteiger charge is 2.26. The molecular formula is C12H17N5O3S. The van der Waals surface area contributed by atoms with Crippen LogP contribution in [0.5, 0.6) is 0 Å². The van der Waals surface area contributed by atoms with Crippen molar-refractivity contribution in [3.63, 3.8) is 0 Å². The van der Waals surface area contributed by atoms with Gasteiger partial charge in [-0.3, -0.25) is 9.69 Å². The molecule has 1 fully saturated rings. The van der Waals surface area contributed by atoms with E-state index in [2.05, 4.69) is 44.1 Å². The number of amides is 1. The largest absolute Gasteiger partial charge is 0.466 e. The van der Waals surface area contributed by atoms with Crippen LogP contribution in [0, 0.1) is 0 Å². The molecule has 8 nitrogen and oxygen atoms in total. The fourth-order valence-corrected chi connectivity index (χ4v) is 2.38. The lowest BCUT2D eigenvalue weighted by atomic mass is 10.3. The quantitative estimate of drug-likeness (QED) is 0.544. The molecule has 2 aliphatic rings. The highest BCUT2D eigenvalue weighted by Crippen LogP contribution is 2.23. The second kappa shape index (κ2) is 6.72. The van der Waals surface area contributed by atoms with E-state index in [1.165, 1.54) is 7.11 Å². The summed E-state index contributed by atoms with van der Waals surface area (Å²) in [6, 6.07) is 0.394. The Labute approximate surface area is 126 Å². The van der Waals surface area contributed by atoms with Gasteiger partial charge in [-0.1, -0.05) is 0 Å². The molecule has 0 unspecified atom stereocenters. The highest BCUT2D eigenvalue weighted by molar-refractivity contribution is 8.18. The van der Waals surface area contributed by atoms with Crippen LogP contribution >= 0.6 is 11.8 Å². The van der Waals surface area contributed by atoms with Gasteiger partial charge in [0, 0.05) is 12.1 Å². The van der Waals surface area contributed by atoms with Crippen LogP contribution in [0.15, 0.2) is 21.0 Å². The number of hydrogen-bond acceptors (Lipinski definition) is 8. The summed E-state index contributed by atoms with van der Waals surface area (Å²) in [6.45, 7) is 5.38. The zero-order valence-corrected chi connectivity index (χ0v) is 12.9. The maximum Gasteiger partial charge on any atom is 0.331 e. The predicted molar refractivity (Wildman–Crippen MR) is 80.5 cm³/mol. The van der Waals surface area contributed by atoms with Gasteiger partial charge < -0.3 is 15.4 Å². The van der Waals surface area contributed by atoms with Crippen molar-refractivity contribution in [2.45, 2.75) is 19.9 Å². The van der Waals surface area contributed by atoms with Gasteiger partial charge in [0.1, 0.15) is 0 Å². The molecule has 1 saturated heterocycles. The molecule has 0 spiro atoms. The molecule has 1 amide bonds. The summed E-state index contributed by atoms with van der Waals surface area (Å²) in [5.74, 6) is -0.479. The van der Waals surface area contributed by atoms with Gasteiger partial charge in [-0.25, -0.2) is 9.79 Å². The van der Waals surface area contributed by atoms with Crippen molar-refractivity contribution in [3.8, 4) is 0 Å². The van der Waals surface area contributed by atoms with Gasteiger partial charge in [-0.05, 0) is 25.6 Å². The number of amidine groups is 1. The summed E-state index contributed by atoms with van der Waals surface area (Å²) in [4.78, 5) is 33.7. The standard InChI is InChI=1S/C12H17N5O3S/c1-7(2)17-5-13-11(14-6-17)16-12-15-10(19)8(21-12)4-9(18)20-3/h4,7H,5-6H2,1-3H3,(H2,13,14,15,16,19). The molecular weight excluding hydrogens is 294 g/mol. The first-order valence-corrected chi connectivity index (χ1v) is 7.21. The maximum atomic E-state index is 11.7. The van der Waals surface area contributed by atoms with Crippen LogP contribution < -0.4 is 10.6 Å². The Morgan fingerprint density at radius 2 is 2.33 bits per heavy atom. The third-order valence-electron chi connectivity index (χ3n) is 2.88. The molecule has 0 radical (unpaired) electrons. The average molecular weight is 311 g/mol. The summed E-state index contributed by atoms with van der Waals surface area (Å²) in [5, 5.41) is 6.04. The van der Waals surface area contributed by atoms with Crippen LogP contribution in [0.4, 0.5) is 0 Å². The van der Waals surface area contributed by atoms with Crippen LogP contribution in [0.1, 0.15) is 13.8 Å². The third-order valence-corrected chi connectivity index (χ3v) is 3.79. The lowest BCUT2D eigenvalue weighted by Gasteiger charge is -2.28. The summed E-state index contributed by atoms with van der Waals surface area (Å²) in [7, 11) is 1.26. The van der Waals surface area contributed by atoms with Gasteiger partial charge >= 0.3 is 5.97 Å². The van der Waals surface area contributed by atoms with Crippen LogP contribution in [0.2, 0.25) is 0 Å². The number of ether oxygens (including phenoxy) is 1. The predicted octanol–water partition coefficient (Wildman–Crippen LogP) is -0.153. The topological polar surface area (TPSA) is 95.4 Å². The number of esters is 1. The molecule has 2 aliphatic heterocycles. The number of nitrogens with zero attached hydrogens (tertiary/aromatic N) is 3. The molecule has 0 aromatic carbocycles. The first-order valence-electron chi connectivity index (χ1n) is 6.39. The van der Waals surface area contributed by atoms with E-state index in [9.17, 15) is 9.59 Å². The normalized spacial score (nSPS) is 23.2. The van der Waals surface area contributed by atoms with Gasteiger partial charge in [0.25, 0.3) is 5.91 Å². The van der Waals surface area contributed by atoms with E-state index < -0.39 is 5.97 Å². The summed E-state index contributed by atoms with van der Waals surface area (Å²) in [5.41, 5.74) is 0. The Bertz CT molecular complexity index is 541. The zero-order valence-electron chi connectivity index (χ0n) is 12.0. The van der Waals surface area contributed by atoms with Crippen molar-refractivity contribution in [1.82, 2.24) is 15.5 Å². The number of rotatable bonds is 2. The Morgan fingerprint density at radius 1 is 1.57 bits per heavy atom. The molecule has 2 rings (SSSR count). The first kappa shape index (κ1) is 15.5. The minimum Gasteiger partial charge on any atom is -0.466 e. The lowest BCUT2D eigenvalue weighted by molar-refractivity contribution is -0.135. The van der Waals surface area contributed by atoms with Gasteiger partial charge in [-0.2, -0.15) is 4.99 Å². The van der Waals surface area contributed by atoms with Gasteiger partial charge in [-0.15, -0.1) is 0 Å². The molecule has 114 valence electrons. The number of hydrogen-bond donors (Lipinski definition) is 2. The second-order valence-electron chi connectivity index (χ2n) is 4.65. The van der Waals surface area contributed by atoms with E-state index >= 15 is 0 Å². The maximum absolute atomic E-state index is 11.7. The molecule has 0 atom stereocenters. The van der Waals surface area contributed by atoms with Crippen molar-refractivity contribution in [2.75, 3.05) is 20.4 Å². The average Bonchev–Trinajstić information content (AvgIpc) is 2.79. The Hall–Kier alpha value is -1.87. The van der Waals surface area contributed by atoms with Crippen molar-refractivity contribution >= 4 is 34.8 Å². The van der Waals surface area contributed by atoms with E-state index in [1.807, 2.05) is 0 Å². The van der Waals surface area contributed by atoms with Crippen LogP contribution in [-0.4, -0.2) is 54.4 Å². The fraction of sp³-hybridized carbons (Fsp3) is 0.500. The molecule has 2 N–H and O–H groups in total. The Kier molecular flexibility index (Phi) is 4.97. The molecule has 0 saturated carbocycles. The smallest absolute Gasteiger partial charge is 0.331 e. The van der Waals surface area contributed by atoms with E-state index in [1.54, 1.807) is 0 Å². The summed E-state index contributed by atoms with van der Waals surface area (Å²) >= 11 is 1.08. The molecule has 9 heteroatoms. The Morgan fingerprint density at radius 3 is 2.90 bits per heavy atom. The highest BCUT2D eigenvalue weighted by atomic mass is 32.2. The van der Waals surface area contributed by atoms with Crippen LogP contribution in [0.3, 0.4) is 0 Å². The van der Waals surface area contributed by atoms with Crippen molar-refractivity contribution in [3.05, 3.63) is 11.0 Å². The SMILES string of the molecule is COC(=O)C=C1SC(=NC2=NCN(C(C)C)CN2)NC1=O. The van der Waals surface area contributed by atoms with Crippen molar-refractivity contribution < 1.29 is 14.3 Å². The van der Waals surface area contributed by atoms with Gasteiger partial charge in [0.2, 0.25) is 5.96 Å². The summed E-state index contributed by atoms with van der Waals surface area (Å²) in [6.07, 6.45) is 1.14. The molecule has 0 aliphatic carbocycles. The minimum absolute atomic E-state index is 0.251. The van der Waals surface area contributed by atoms with Crippen molar-refractivity contribution in [1.29, 1.82) is 0 Å². The van der Waals surface area contributed by atoms with E-state index in [0.717, 1.165) is 17.8 Å². The number of nitrogens with one attached hydrogen (secondary N) is 2. The van der Waals surface area contributed by atoms with Gasteiger partial charge in [0.15, 0.2) is 5.17 Å². The molecule has 0 aromatic heterocycles. The van der Waals surface area contributed by atoms with E-state index in [0.29, 0.717) is 30.5 Å². The van der Waals surface area contributed by atoms with Crippen LogP contribution in [-0.2, 0) is 14.3 Å². The fourth-order valence-electron chi connectivity index (χ4n) is 1.60. The van der Waals surface area contributed by atoms with E-state index in [4.69, 9.17) is 0 Å². The number of carbonyl (C=O) groups is 2. The van der Waals surface area contributed by atoms with Crippen LogP contribution in [0.25, 0.3) is 0 Å². The molecule has 2 heterocycles. The molecule has 0 bridgehead atoms. The number of carbonyl (C=O) groups excluding carboxylic acids is 2. The number of aliphatic imine (C=N–C) groups is 2. The molecule has 0 aromatic rings. The number of methoxy groups -OCH3 is 1. The number of thioether (sulfide) groups is 1. The third kappa shape index (κ3) is 4.05. The first-order chi connectivity index (χ1) is 9.99.